The number of benzene rings is 2. The van der Waals surface area contributed by atoms with Crippen molar-refractivity contribution in [2.45, 2.75) is 38.0 Å². The number of nitrogens with one attached hydrogen (secondary N) is 1. The Kier molecular flexibility index (Phi) is 6.05. The summed E-state index contributed by atoms with van der Waals surface area (Å²) in [7, 11) is -3.60. The van der Waals surface area contributed by atoms with Crippen molar-refractivity contribution < 1.29 is 8.42 Å². The molecular formula is C20H25BrN2O2S. The highest BCUT2D eigenvalue weighted by Gasteiger charge is 2.19. The van der Waals surface area contributed by atoms with E-state index in [9.17, 15) is 8.42 Å². The van der Waals surface area contributed by atoms with Gasteiger partial charge in [0.15, 0.2) is 0 Å². The molecule has 140 valence electrons. The zero-order chi connectivity index (χ0) is 18.7. The van der Waals surface area contributed by atoms with Gasteiger partial charge in [-0.3, -0.25) is 4.72 Å². The summed E-state index contributed by atoms with van der Waals surface area (Å²) in [5.74, 6) is 0. The summed E-state index contributed by atoms with van der Waals surface area (Å²) in [5.41, 5.74) is 3.93. The second kappa shape index (κ2) is 8.11. The van der Waals surface area contributed by atoms with Crippen LogP contribution in [0.25, 0.3) is 0 Å². The molecule has 1 heterocycles. The quantitative estimate of drug-likeness (QED) is 0.756. The average Bonchev–Trinajstić information content (AvgIpc) is 2.77. The Bertz CT molecular complexity index is 897. The number of nitrogens with zero attached hydrogens (tertiary/aromatic N) is 1. The SMILES string of the molecule is CCCN1CCc2ccc(NS(=O)(=O)c3ccc(Br)cc3C)cc2CC1. The molecule has 1 aliphatic rings. The largest absolute Gasteiger partial charge is 0.303 e. The summed E-state index contributed by atoms with van der Waals surface area (Å²) in [6, 6.07) is 11.1. The third-order valence-corrected chi connectivity index (χ3v) is 6.85. The van der Waals surface area contributed by atoms with Crippen LogP contribution in [-0.2, 0) is 22.9 Å². The molecule has 0 radical (unpaired) electrons. The van der Waals surface area contributed by atoms with E-state index in [0.29, 0.717) is 10.6 Å². The van der Waals surface area contributed by atoms with Crippen LogP contribution < -0.4 is 4.72 Å². The molecule has 0 amide bonds. The summed E-state index contributed by atoms with van der Waals surface area (Å²) < 4.78 is 29.2. The molecule has 3 rings (SSSR count). The van der Waals surface area contributed by atoms with Gasteiger partial charge in [-0.2, -0.15) is 0 Å². The summed E-state index contributed by atoms with van der Waals surface area (Å²) in [5, 5.41) is 0. The van der Waals surface area contributed by atoms with Crippen LogP contribution in [-0.4, -0.2) is 33.0 Å². The van der Waals surface area contributed by atoms with E-state index in [-0.39, 0.29) is 0 Å². The Morgan fingerprint density at radius 3 is 2.50 bits per heavy atom. The van der Waals surface area contributed by atoms with Crippen LogP contribution in [0.5, 0.6) is 0 Å². The molecule has 0 aromatic heterocycles. The van der Waals surface area contributed by atoms with Crippen LogP contribution in [0.1, 0.15) is 30.0 Å². The molecule has 0 atom stereocenters. The molecule has 0 unspecified atom stereocenters. The van der Waals surface area contributed by atoms with Crippen LogP contribution in [0.3, 0.4) is 0 Å². The zero-order valence-corrected chi connectivity index (χ0v) is 17.7. The fourth-order valence-electron chi connectivity index (χ4n) is 3.50. The first kappa shape index (κ1) is 19.4. The molecule has 0 aliphatic carbocycles. The minimum atomic E-state index is -3.60. The van der Waals surface area contributed by atoms with Crippen molar-refractivity contribution in [2.24, 2.45) is 0 Å². The molecule has 1 aliphatic heterocycles. The van der Waals surface area contributed by atoms with Gasteiger partial charge in [0.25, 0.3) is 10.0 Å². The van der Waals surface area contributed by atoms with E-state index in [1.165, 1.54) is 11.1 Å². The van der Waals surface area contributed by atoms with Gasteiger partial charge < -0.3 is 4.90 Å². The van der Waals surface area contributed by atoms with Gasteiger partial charge in [-0.15, -0.1) is 0 Å². The summed E-state index contributed by atoms with van der Waals surface area (Å²) in [6.45, 7) is 7.23. The number of hydrogen-bond acceptors (Lipinski definition) is 3. The minimum Gasteiger partial charge on any atom is -0.303 e. The number of anilines is 1. The number of rotatable bonds is 5. The smallest absolute Gasteiger partial charge is 0.262 e. The topological polar surface area (TPSA) is 49.4 Å². The Hall–Kier alpha value is -1.37. The molecule has 2 aromatic rings. The van der Waals surface area contributed by atoms with Crippen molar-refractivity contribution >= 4 is 31.6 Å². The number of hydrogen-bond donors (Lipinski definition) is 1. The van der Waals surface area contributed by atoms with E-state index in [0.717, 1.165) is 48.9 Å². The highest BCUT2D eigenvalue weighted by atomic mass is 79.9. The molecule has 4 nitrogen and oxygen atoms in total. The van der Waals surface area contributed by atoms with Crippen molar-refractivity contribution in [3.05, 3.63) is 57.6 Å². The van der Waals surface area contributed by atoms with E-state index < -0.39 is 10.0 Å². The zero-order valence-electron chi connectivity index (χ0n) is 15.3. The standard InChI is InChI=1S/C20H25BrN2O2S/c1-3-10-23-11-8-16-4-6-19(14-17(16)9-12-23)22-26(24,25)20-7-5-18(21)13-15(20)2/h4-7,13-14,22H,3,8-12H2,1-2H3. The van der Waals surface area contributed by atoms with Gasteiger partial charge in [0, 0.05) is 23.2 Å². The number of aryl methyl sites for hydroxylation is 1. The monoisotopic (exact) mass is 436 g/mol. The summed E-state index contributed by atoms with van der Waals surface area (Å²) in [6.07, 6.45) is 3.14. The van der Waals surface area contributed by atoms with Crippen LogP contribution in [0.4, 0.5) is 5.69 Å². The van der Waals surface area contributed by atoms with E-state index in [1.807, 2.05) is 18.2 Å². The normalized spacial score (nSPS) is 15.3. The van der Waals surface area contributed by atoms with Crippen LogP contribution >= 0.6 is 15.9 Å². The van der Waals surface area contributed by atoms with Crippen molar-refractivity contribution in [1.82, 2.24) is 4.90 Å². The van der Waals surface area contributed by atoms with Gasteiger partial charge in [0.1, 0.15) is 0 Å². The molecule has 0 spiro atoms. The molecule has 0 fully saturated rings. The van der Waals surface area contributed by atoms with Gasteiger partial charge >= 0.3 is 0 Å². The molecular weight excluding hydrogens is 412 g/mol. The summed E-state index contributed by atoms with van der Waals surface area (Å²) in [4.78, 5) is 2.79. The Labute approximate surface area is 164 Å². The second-order valence-corrected chi connectivity index (χ2v) is 9.41. The third kappa shape index (κ3) is 4.48. The molecule has 1 N–H and O–H groups in total. The molecule has 0 saturated heterocycles. The van der Waals surface area contributed by atoms with Crippen LogP contribution in [0.15, 0.2) is 45.8 Å². The lowest BCUT2D eigenvalue weighted by molar-refractivity contribution is 0.288. The van der Waals surface area contributed by atoms with Crippen molar-refractivity contribution in [3.8, 4) is 0 Å². The first-order valence-electron chi connectivity index (χ1n) is 9.02. The minimum absolute atomic E-state index is 0.310. The molecule has 26 heavy (non-hydrogen) atoms. The fraction of sp³-hybridized carbons (Fsp3) is 0.400. The Morgan fingerprint density at radius 2 is 1.81 bits per heavy atom. The maximum absolute atomic E-state index is 12.8. The predicted octanol–water partition coefficient (Wildman–Crippen LogP) is 4.37. The first-order chi connectivity index (χ1) is 12.4. The molecule has 6 heteroatoms. The lowest BCUT2D eigenvalue weighted by Crippen LogP contribution is -2.27. The van der Waals surface area contributed by atoms with E-state index in [2.05, 4.69) is 38.5 Å². The lowest BCUT2D eigenvalue weighted by Gasteiger charge is -2.18. The van der Waals surface area contributed by atoms with Crippen molar-refractivity contribution in [2.75, 3.05) is 24.4 Å². The van der Waals surface area contributed by atoms with E-state index >= 15 is 0 Å². The lowest BCUT2D eigenvalue weighted by atomic mass is 10.0. The number of fused-ring (bicyclic) bond motifs is 1. The predicted molar refractivity (Wildman–Crippen MR) is 110 cm³/mol. The maximum atomic E-state index is 12.8. The van der Waals surface area contributed by atoms with Crippen LogP contribution in [0, 0.1) is 6.92 Å². The van der Waals surface area contributed by atoms with Gasteiger partial charge in [-0.05, 0) is 79.8 Å². The van der Waals surface area contributed by atoms with Crippen molar-refractivity contribution in [3.63, 3.8) is 0 Å². The van der Waals surface area contributed by atoms with E-state index in [4.69, 9.17) is 0 Å². The third-order valence-electron chi connectivity index (χ3n) is 4.82. The Morgan fingerprint density at radius 1 is 1.08 bits per heavy atom. The van der Waals surface area contributed by atoms with Gasteiger partial charge in [0.05, 0.1) is 4.90 Å². The van der Waals surface area contributed by atoms with Crippen LogP contribution in [0.2, 0.25) is 0 Å². The second-order valence-electron chi connectivity index (χ2n) is 6.84. The first-order valence-corrected chi connectivity index (χ1v) is 11.3. The molecule has 2 aromatic carbocycles. The van der Waals surface area contributed by atoms with E-state index in [1.54, 1.807) is 19.1 Å². The molecule has 0 saturated carbocycles. The van der Waals surface area contributed by atoms with Gasteiger partial charge in [0.2, 0.25) is 0 Å². The fourth-order valence-corrected chi connectivity index (χ4v) is 5.25. The van der Waals surface area contributed by atoms with Gasteiger partial charge in [-0.1, -0.05) is 28.9 Å². The highest BCUT2D eigenvalue weighted by Crippen LogP contribution is 2.25. The number of halogens is 1. The Balaban J connectivity index is 1.81. The average molecular weight is 437 g/mol. The molecule has 0 bridgehead atoms. The van der Waals surface area contributed by atoms with Gasteiger partial charge in [-0.25, -0.2) is 8.42 Å². The summed E-state index contributed by atoms with van der Waals surface area (Å²) >= 11 is 3.38. The maximum Gasteiger partial charge on any atom is 0.262 e. The van der Waals surface area contributed by atoms with Crippen molar-refractivity contribution in [1.29, 1.82) is 0 Å². The highest BCUT2D eigenvalue weighted by molar-refractivity contribution is 9.10. The number of sulfonamides is 1.